The second-order valence-electron chi connectivity index (χ2n) is 4.58. The Kier molecular flexibility index (Phi) is 3.78. The van der Waals surface area contributed by atoms with Gasteiger partial charge in [-0.05, 0) is 19.4 Å². The van der Waals surface area contributed by atoms with Gasteiger partial charge in [0.15, 0.2) is 0 Å². The standard InChI is InChI=1S/C11H20N2O3/c1-12-10(14)7-15-9-5-11(16-6-9)3-2-4-13-8-11/h9,13H,2-8H2,1H3,(H,12,14). The maximum absolute atomic E-state index is 11.0. The zero-order valence-electron chi connectivity index (χ0n) is 9.75. The summed E-state index contributed by atoms with van der Waals surface area (Å²) < 4.78 is 11.4. The number of ether oxygens (including phenoxy) is 2. The lowest BCUT2D eigenvalue weighted by atomic mass is 9.90. The van der Waals surface area contributed by atoms with Crippen LogP contribution in [0, 0.1) is 0 Å². The maximum Gasteiger partial charge on any atom is 0.245 e. The Bertz CT molecular complexity index is 252. The van der Waals surface area contributed by atoms with E-state index in [-0.39, 0.29) is 24.2 Å². The molecule has 5 heteroatoms. The third kappa shape index (κ3) is 2.72. The molecule has 2 rings (SSSR count). The van der Waals surface area contributed by atoms with Crippen molar-refractivity contribution < 1.29 is 14.3 Å². The summed E-state index contributed by atoms with van der Waals surface area (Å²) in [5.74, 6) is -0.0808. The number of rotatable bonds is 3. The molecule has 0 bridgehead atoms. The van der Waals surface area contributed by atoms with E-state index < -0.39 is 0 Å². The van der Waals surface area contributed by atoms with Crippen LogP contribution in [0.25, 0.3) is 0 Å². The van der Waals surface area contributed by atoms with Gasteiger partial charge >= 0.3 is 0 Å². The van der Waals surface area contributed by atoms with Crippen LogP contribution in [-0.2, 0) is 14.3 Å². The Morgan fingerprint density at radius 2 is 2.56 bits per heavy atom. The number of nitrogens with one attached hydrogen (secondary N) is 2. The van der Waals surface area contributed by atoms with E-state index >= 15 is 0 Å². The number of carbonyl (C=O) groups is 1. The van der Waals surface area contributed by atoms with Gasteiger partial charge in [-0.15, -0.1) is 0 Å². The first-order valence-corrected chi connectivity index (χ1v) is 5.91. The van der Waals surface area contributed by atoms with Crippen molar-refractivity contribution >= 4 is 5.91 Å². The van der Waals surface area contributed by atoms with Gasteiger partial charge in [-0.1, -0.05) is 0 Å². The monoisotopic (exact) mass is 228 g/mol. The molecule has 5 nitrogen and oxygen atoms in total. The molecule has 1 amide bonds. The molecule has 2 saturated heterocycles. The molecule has 2 fully saturated rings. The molecule has 2 N–H and O–H groups in total. The summed E-state index contributed by atoms with van der Waals surface area (Å²) in [4.78, 5) is 11.0. The zero-order valence-corrected chi connectivity index (χ0v) is 9.75. The number of carbonyl (C=O) groups excluding carboxylic acids is 1. The minimum atomic E-state index is -0.0808. The fourth-order valence-corrected chi connectivity index (χ4v) is 2.41. The molecule has 92 valence electrons. The topological polar surface area (TPSA) is 59.6 Å². The summed E-state index contributed by atoms with van der Waals surface area (Å²) in [6.07, 6.45) is 3.22. The molecule has 2 atom stereocenters. The molecule has 2 unspecified atom stereocenters. The van der Waals surface area contributed by atoms with Crippen LogP contribution in [0.2, 0.25) is 0 Å². The molecule has 2 heterocycles. The van der Waals surface area contributed by atoms with Crippen molar-refractivity contribution in [3.05, 3.63) is 0 Å². The molecule has 0 radical (unpaired) electrons. The molecule has 0 aromatic heterocycles. The van der Waals surface area contributed by atoms with E-state index in [0.717, 1.165) is 32.4 Å². The highest BCUT2D eigenvalue weighted by molar-refractivity contribution is 5.76. The van der Waals surface area contributed by atoms with Crippen LogP contribution in [0.3, 0.4) is 0 Å². The van der Waals surface area contributed by atoms with Crippen molar-refractivity contribution in [3.63, 3.8) is 0 Å². The van der Waals surface area contributed by atoms with E-state index in [1.807, 2.05) is 0 Å². The minimum absolute atomic E-state index is 0.0361. The Morgan fingerprint density at radius 3 is 3.25 bits per heavy atom. The van der Waals surface area contributed by atoms with Crippen molar-refractivity contribution in [1.82, 2.24) is 10.6 Å². The normalized spacial score (nSPS) is 34.2. The van der Waals surface area contributed by atoms with Gasteiger partial charge in [0.2, 0.25) is 5.91 Å². The van der Waals surface area contributed by atoms with E-state index in [1.165, 1.54) is 0 Å². The highest BCUT2D eigenvalue weighted by atomic mass is 16.6. The van der Waals surface area contributed by atoms with E-state index in [0.29, 0.717) is 6.61 Å². The summed E-state index contributed by atoms with van der Waals surface area (Å²) >= 11 is 0. The summed E-state index contributed by atoms with van der Waals surface area (Å²) in [5, 5.41) is 5.90. The largest absolute Gasteiger partial charge is 0.371 e. The van der Waals surface area contributed by atoms with Gasteiger partial charge in [-0.25, -0.2) is 0 Å². The predicted octanol–water partition coefficient (Wildman–Crippen LogP) is -0.340. The van der Waals surface area contributed by atoms with E-state index in [2.05, 4.69) is 10.6 Å². The van der Waals surface area contributed by atoms with Crippen LogP contribution >= 0.6 is 0 Å². The first-order valence-electron chi connectivity index (χ1n) is 5.91. The highest BCUT2D eigenvalue weighted by Gasteiger charge is 2.41. The van der Waals surface area contributed by atoms with Crippen LogP contribution in [0.1, 0.15) is 19.3 Å². The van der Waals surface area contributed by atoms with Crippen molar-refractivity contribution in [2.75, 3.05) is 33.4 Å². The number of likely N-dealkylation sites (N-methyl/N-ethyl adjacent to an activating group) is 1. The summed E-state index contributed by atoms with van der Waals surface area (Å²) in [6, 6.07) is 0. The lowest BCUT2D eigenvalue weighted by Crippen LogP contribution is -2.45. The Morgan fingerprint density at radius 1 is 1.69 bits per heavy atom. The van der Waals surface area contributed by atoms with Crippen molar-refractivity contribution in [2.45, 2.75) is 31.0 Å². The Labute approximate surface area is 95.9 Å². The molecule has 0 aliphatic carbocycles. The first kappa shape index (κ1) is 11.8. The van der Waals surface area contributed by atoms with Gasteiger partial charge in [0, 0.05) is 20.0 Å². The molecule has 0 saturated carbocycles. The van der Waals surface area contributed by atoms with Crippen LogP contribution in [0.15, 0.2) is 0 Å². The third-order valence-corrected chi connectivity index (χ3v) is 3.34. The molecule has 16 heavy (non-hydrogen) atoms. The lowest BCUT2D eigenvalue weighted by Gasteiger charge is -2.32. The average Bonchev–Trinajstić information content (AvgIpc) is 2.70. The minimum Gasteiger partial charge on any atom is -0.371 e. The summed E-state index contributed by atoms with van der Waals surface area (Å²) in [6.45, 7) is 2.73. The quantitative estimate of drug-likeness (QED) is 0.694. The Hall–Kier alpha value is -0.650. The molecule has 1 spiro atoms. The maximum atomic E-state index is 11.0. The van der Waals surface area contributed by atoms with Gasteiger partial charge in [-0.3, -0.25) is 4.79 Å². The first-order chi connectivity index (χ1) is 7.74. The van der Waals surface area contributed by atoms with Crippen LogP contribution in [0.5, 0.6) is 0 Å². The van der Waals surface area contributed by atoms with Crippen molar-refractivity contribution in [1.29, 1.82) is 0 Å². The molecular weight excluding hydrogens is 208 g/mol. The molecule has 0 aromatic rings. The molecule has 0 aromatic carbocycles. The smallest absolute Gasteiger partial charge is 0.245 e. The van der Waals surface area contributed by atoms with Gasteiger partial charge in [0.1, 0.15) is 6.61 Å². The van der Waals surface area contributed by atoms with Gasteiger partial charge < -0.3 is 20.1 Å². The predicted molar refractivity (Wildman–Crippen MR) is 59.2 cm³/mol. The Balaban J connectivity index is 1.76. The SMILES string of the molecule is CNC(=O)COC1COC2(CCCNC2)C1. The van der Waals surface area contributed by atoms with Crippen molar-refractivity contribution in [3.8, 4) is 0 Å². The molecule has 2 aliphatic heterocycles. The van der Waals surface area contributed by atoms with Gasteiger partial charge in [0.25, 0.3) is 0 Å². The fraction of sp³-hybridized carbons (Fsp3) is 0.909. The second-order valence-corrected chi connectivity index (χ2v) is 4.58. The van der Waals surface area contributed by atoms with Crippen LogP contribution in [-0.4, -0.2) is 51.0 Å². The lowest BCUT2D eigenvalue weighted by molar-refractivity contribution is -0.127. The second kappa shape index (κ2) is 5.12. The third-order valence-electron chi connectivity index (χ3n) is 3.34. The summed E-state index contributed by atoms with van der Waals surface area (Å²) in [7, 11) is 1.61. The zero-order chi connectivity index (χ0) is 11.4. The average molecular weight is 228 g/mol. The molecular formula is C11H20N2O3. The fourth-order valence-electron chi connectivity index (χ4n) is 2.41. The number of piperidine rings is 1. The van der Waals surface area contributed by atoms with E-state index in [9.17, 15) is 4.79 Å². The van der Waals surface area contributed by atoms with Gasteiger partial charge in [0.05, 0.1) is 18.3 Å². The summed E-state index contributed by atoms with van der Waals surface area (Å²) in [5.41, 5.74) is -0.0361. The number of hydrogen-bond donors (Lipinski definition) is 2. The van der Waals surface area contributed by atoms with E-state index in [4.69, 9.17) is 9.47 Å². The van der Waals surface area contributed by atoms with Crippen molar-refractivity contribution in [2.24, 2.45) is 0 Å². The van der Waals surface area contributed by atoms with Crippen LogP contribution < -0.4 is 10.6 Å². The number of hydrogen-bond acceptors (Lipinski definition) is 4. The van der Waals surface area contributed by atoms with E-state index in [1.54, 1.807) is 7.05 Å². The van der Waals surface area contributed by atoms with Gasteiger partial charge in [-0.2, -0.15) is 0 Å². The number of amides is 1. The highest BCUT2D eigenvalue weighted by Crippen LogP contribution is 2.33. The van der Waals surface area contributed by atoms with Crippen LogP contribution in [0.4, 0.5) is 0 Å². The molecule has 2 aliphatic rings.